The first-order chi connectivity index (χ1) is 7.22. The second-order valence-corrected chi connectivity index (χ2v) is 4.11. The van der Waals surface area contributed by atoms with Crippen molar-refractivity contribution in [2.24, 2.45) is 5.16 Å². The lowest BCUT2D eigenvalue weighted by molar-refractivity contribution is 0.320. The topological polar surface area (TPSA) is 69.3 Å². The van der Waals surface area contributed by atoms with Crippen LogP contribution in [0, 0.1) is 18.3 Å². The molecule has 1 rings (SSSR count). The zero-order valence-corrected chi connectivity index (χ0v) is 9.38. The Morgan fingerprint density at radius 1 is 1.73 bits per heavy atom. The van der Waals surface area contributed by atoms with Crippen LogP contribution in [0.1, 0.15) is 18.2 Å². The lowest BCUT2D eigenvalue weighted by Crippen LogP contribution is -2.00. The van der Waals surface area contributed by atoms with Gasteiger partial charge in [-0.25, -0.2) is 0 Å². The smallest absolute Gasteiger partial charge is 0.188 e. The fraction of sp³-hybridized carbons (Fsp3) is 0.300. The predicted octanol–water partition coefficient (Wildman–Crippen LogP) is 2.20. The summed E-state index contributed by atoms with van der Waals surface area (Å²) in [6.45, 7) is 3.95. The molecule has 4 nitrogen and oxygen atoms in total. The van der Waals surface area contributed by atoms with Gasteiger partial charge in [-0.05, 0) is 18.7 Å². The van der Waals surface area contributed by atoms with Crippen LogP contribution in [0.2, 0.25) is 0 Å². The van der Waals surface area contributed by atoms with Crippen molar-refractivity contribution in [1.82, 2.24) is 4.98 Å². The van der Waals surface area contributed by atoms with Crippen LogP contribution < -0.4 is 0 Å². The maximum atomic E-state index is 8.69. The number of oxime groups is 1. The van der Waals surface area contributed by atoms with Crippen molar-refractivity contribution in [1.29, 1.82) is 5.26 Å². The Morgan fingerprint density at radius 3 is 3.00 bits per heavy atom. The van der Waals surface area contributed by atoms with E-state index in [0.29, 0.717) is 5.56 Å². The Bertz CT molecular complexity index is 423. The van der Waals surface area contributed by atoms with Gasteiger partial charge < -0.3 is 5.21 Å². The molecule has 15 heavy (non-hydrogen) atoms. The van der Waals surface area contributed by atoms with Gasteiger partial charge in [-0.1, -0.05) is 12.1 Å². The summed E-state index contributed by atoms with van der Waals surface area (Å²) in [5.74, 6) is 0.935. The average Bonchev–Trinajstić information content (AvgIpc) is 2.25. The van der Waals surface area contributed by atoms with E-state index in [1.165, 1.54) is 6.20 Å². The second-order valence-electron chi connectivity index (χ2n) is 2.80. The quantitative estimate of drug-likeness (QED) is 0.367. The highest BCUT2D eigenvalue weighted by Crippen LogP contribution is 2.21. The van der Waals surface area contributed by atoms with Gasteiger partial charge in [0.15, 0.2) is 5.71 Å². The van der Waals surface area contributed by atoms with E-state index in [1.807, 2.05) is 26.0 Å². The largest absolute Gasteiger partial charge is 0.410 e. The van der Waals surface area contributed by atoms with Gasteiger partial charge in [0.25, 0.3) is 0 Å². The highest BCUT2D eigenvalue weighted by Gasteiger charge is 2.07. The molecule has 0 saturated heterocycles. The number of hydrogen-bond donors (Lipinski definition) is 1. The first-order valence-electron chi connectivity index (χ1n) is 4.44. The Balaban J connectivity index is 3.13. The third-order valence-corrected chi connectivity index (χ3v) is 2.83. The zero-order chi connectivity index (χ0) is 11.3. The van der Waals surface area contributed by atoms with Crippen molar-refractivity contribution in [2.45, 2.75) is 18.7 Å². The fourth-order valence-corrected chi connectivity index (χ4v) is 1.87. The molecule has 1 aromatic rings. The molecule has 5 heteroatoms. The molecule has 0 unspecified atom stereocenters. The summed E-state index contributed by atoms with van der Waals surface area (Å²) in [6, 6.07) is 3.62. The summed E-state index contributed by atoms with van der Waals surface area (Å²) in [7, 11) is 0. The molecule has 0 fully saturated rings. The molecule has 1 heterocycles. The van der Waals surface area contributed by atoms with E-state index in [4.69, 9.17) is 10.5 Å². The van der Waals surface area contributed by atoms with Crippen LogP contribution in [0.15, 0.2) is 22.3 Å². The highest BCUT2D eigenvalue weighted by molar-refractivity contribution is 7.99. The molecule has 0 aliphatic carbocycles. The second kappa shape index (κ2) is 5.37. The molecule has 78 valence electrons. The Morgan fingerprint density at radius 2 is 2.47 bits per heavy atom. The van der Waals surface area contributed by atoms with Gasteiger partial charge in [0.05, 0.1) is 5.69 Å². The number of thioether (sulfide) groups is 1. The van der Waals surface area contributed by atoms with E-state index in [0.717, 1.165) is 16.3 Å². The molecule has 0 aliphatic heterocycles. The standard InChI is InChI=1S/C10H11N3OS/c1-3-15-10-4-8(6-12-7(10)2)9(5-11)13-14/h4,6,14H,3H2,1-2H3/b13-9+. The Labute approximate surface area is 92.6 Å². The van der Waals surface area contributed by atoms with Gasteiger partial charge in [0.2, 0.25) is 0 Å². The molecule has 0 aliphatic rings. The monoisotopic (exact) mass is 221 g/mol. The molecule has 0 bridgehead atoms. The predicted molar refractivity (Wildman–Crippen MR) is 59.3 cm³/mol. The van der Waals surface area contributed by atoms with Crippen LogP contribution in [0.3, 0.4) is 0 Å². The van der Waals surface area contributed by atoms with Crippen LogP contribution in [0.5, 0.6) is 0 Å². The van der Waals surface area contributed by atoms with Crippen molar-refractivity contribution in [3.63, 3.8) is 0 Å². The van der Waals surface area contributed by atoms with Crippen LogP contribution >= 0.6 is 11.8 Å². The number of hydrogen-bond acceptors (Lipinski definition) is 5. The maximum Gasteiger partial charge on any atom is 0.188 e. The molecule has 0 amide bonds. The average molecular weight is 221 g/mol. The zero-order valence-electron chi connectivity index (χ0n) is 8.56. The third-order valence-electron chi connectivity index (χ3n) is 1.82. The van der Waals surface area contributed by atoms with Gasteiger partial charge in [0.1, 0.15) is 6.07 Å². The highest BCUT2D eigenvalue weighted by atomic mass is 32.2. The third kappa shape index (κ3) is 2.70. The van der Waals surface area contributed by atoms with E-state index in [-0.39, 0.29) is 5.71 Å². The van der Waals surface area contributed by atoms with E-state index in [1.54, 1.807) is 11.8 Å². The van der Waals surface area contributed by atoms with Gasteiger partial charge in [-0.15, -0.1) is 11.8 Å². The van der Waals surface area contributed by atoms with E-state index in [2.05, 4.69) is 10.1 Å². The molecule has 1 N–H and O–H groups in total. The SMILES string of the molecule is CCSc1cc(/C(C#N)=N/O)cnc1C. The summed E-state index contributed by atoms with van der Waals surface area (Å²) in [5.41, 5.74) is 1.45. The van der Waals surface area contributed by atoms with Crippen molar-refractivity contribution in [3.05, 3.63) is 23.5 Å². The lowest BCUT2D eigenvalue weighted by Gasteiger charge is -2.04. The molecule has 0 spiro atoms. The first-order valence-corrected chi connectivity index (χ1v) is 5.43. The van der Waals surface area contributed by atoms with Crippen LogP contribution in [-0.4, -0.2) is 21.7 Å². The minimum absolute atomic E-state index is 0.0135. The van der Waals surface area contributed by atoms with E-state index in [9.17, 15) is 0 Å². The first kappa shape index (κ1) is 11.5. The van der Waals surface area contributed by atoms with Gasteiger partial charge in [0, 0.05) is 16.7 Å². The van der Waals surface area contributed by atoms with E-state index < -0.39 is 0 Å². The number of pyridine rings is 1. The molecule has 0 radical (unpaired) electrons. The van der Waals surface area contributed by atoms with Crippen LogP contribution in [0.4, 0.5) is 0 Å². The van der Waals surface area contributed by atoms with Gasteiger partial charge in [-0.3, -0.25) is 4.98 Å². The number of aromatic nitrogens is 1. The molecule has 1 aromatic heterocycles. The van der Waals surface area contributed by atoms with Crippen LogP contribution in [-0.2, 0) is 0 Å². The Hall–Kier alpha value is -1.54. The van der Waals surface area contributed by atoms with Crippen molar-refractivity contribution >= 4 is 17.5 Å². The summed E-state index contributed by atoms with van der Waals surface area (Å²) in [4.78, 5) is 5.16. The summed E-state index contributed by atoms with van der Waals surface area (Å²) in [6.07, 6.45) is 1.54. The fourth-order valence-electron chi connectivity index (χ4n) is 1.09. The van der Waals surface area contributed by atoms with Gasteiger partial charge >= 0.3 is 0 Å². The lowest BCUT2D eigenvalue weighted by atomic mass is 10.2. The van der Waals surface area contributed by atoms with E-state index >= 15 is 0 Å². The molecular formula is C10H11N3OS. The normalized spacial score (nSPS) is 11.1. The van der Waals surface area contributed by atoms with Crippen molar-refractivity contribution < 1.29 is 5.21 Å². The molecule has 0 atom stereocenters. The minimum atomic E-state index is -0.0135. The van der Waals surface area contributed by atoms with Crippen molar-refractivity contribution in [2.75, 3.05) is 5.75 Å². The number of nitrogens with zero attached hydrogens (tertiary/aromatic N) is 3. The minimum Gasteiger partial charge on any atom is -0.410 e. The number of nitriles is 1. The summed E-state index contributed by atoms with van der Waals surface area (Å²) < 4.78 is 0. The number of aryl methyl sites for hydroxylation is 1. The summed E-state index contributed by atoms with van der Waals surface area (Å²) >= 11 is 1.65. The molecule has 0 saturated carbocycles. The van der Waals surface area contributed by atoms with Crippen LogP contribution in [0.25, 0.3) is 0 Å². The Kier molecular flexibility index (Phi) is 4.13. The molecular weight excluding hydrogens is 210 g/mol. The maximum absolute atomic E-state index is 8.69. The van der Waals surface area contributed by atoms with Gasteiger partial charge in [-0.2, -0.15) is 5.26 Å². The summed E-state index contributed by atoms with van der Waals surface area (Å²) in [5, 5.41) is 20.2. The van der Waals surface area contributed by atoms with Crippen molar-refractivity contribution in [3.8, 4) is 6.07 Å². The number of rotatable bonds is 3. The molecule has 0 aromatic carbocycles.